The fourth-order valence-corrected chi connectivity index (χ4v) is 5.07. The molecule has 216 valence electrons. The zero-order valence-electron chi connectivity index (χ0n) is 23.9. The van der Waals surface area contributed by atoms with E-state index in [0.29, 0.717) is 39.4 Å². The number of ether oxygens (including phenoxy) is 2. The zero-order valence-corrected chi connectivity index (χ0v) is 23.9. The molecule has 2 aromatic heterocycles. The summed E-state index contributed by atoms with van der Waals surface area (Å²) in [6, 6.07) is 17.0. The van der Waals surface area contributed by atoms with E-state index >= 15 is 0 Å². The molecule has 0 aliphatic carbocycles. The maximum absolute atomic E-state index is 12.1. The van der Waals surface area contributed by atoms with Crippen molar-refractivity contribution >= 4 is 5.70 Å². The van der Waals surface area contributed by atoms with Crippen LogP contribution in [0, 0.1) is 22.7 Å². The smallest absolute Gasteiger partial charge is 0.352 e. The van der Waals surface area contributed by atoms with Crippen molar-refractivity contribution in [2.45, 2.75) is 51.0 Å². The van der Waals surface area contributed by atoms with Crippen molar-refractivity contribution in [3.8, 4) is 23.6 Å². The molecule has 2 aliphatic rings. The summed E-state index contributed by atoms with van der Waals surface area (Å²) in [6.07, 6.45) is 6.99. The normalized spacial score (nSPS) is 18.9. The molecular formula is C32H28N6O5. The topological polar surface area (TPSA) is 156 Å². The second-order valence-corrected chi connectivity index (χ2v) is 11.1. The van der Waals surface area contributed by atoms with Gasteiger partial charge in [-0.15, -0.1) is 0 Å². The number of aliphatic hydroxyl groups excluding tert-OH is 1. The van der Waals surface area contributed by atoms with Gasteiger partial charge < -0.3 is 14.6 Å². The molecular weight excluding hydrogens is 548 g/mol. The summed E-state index contributed by atoms with van der Waals surface area (Å²) < 4.78 is 14.5. The van der Waals surface area contributed by atoms with E-state index in [2.05, 4.69) is 22.1 Å². The number of nitrogens with zero attached hydrogens (tertiary/aromatic N) is 6. The van der Waals surface area contributed by atoms with Crippen LogP contribution in [0.15, 0.2) is 89.0 Å². The summed E-state index contributed by atoms with van der Waals surface area (Å²) in [5, 5.41) is 28.8. The Labute approximate surface area is 247 Å². The third-order valence-corrected chi connectivity index (χ3v) is 7.09. The van der Waals surface area contributed by atoms with E-state index in [-0.39, 0.29) is 5.69 Å². The molecule has 2 aliphatic heterocycles. The fraction of sp³-hybridized carbons (Fsp3) is 0.250. The van der Waals surface area contributed by atoms with E-state index < -0.39 is 29.0 Å². The molecule has 0 amide bonds. The predicted molar refractivity (Wildman–Crippen MR) is 156 cm³/mol. The lowest BCUT2D eigenvalue weighted by atomic mass is 9.85. The first kappa shape index (κ1) is 29.0. The number of aliphatic hydroxyl groups is 1. The lowest BCUT2D eigenvalue weighted by Crippen LogP contribution is -2.52. The second-order valence-electron chi connectivity index (χ2n) is 11.1. The van der Waals surface area contributed by atoms with Crippen molar-refractivity contribution < 1.29 is 14.6 Å². The van der Waals surface area contributed by atoms with Crippen molar-refractivity contribution in [2.75, 3.05) is 0 Å². The number of nitriles is 2. The van der Waals surface area contributed by atoms with Crippen LogP contribution in [0.1, 0.15) is 56.0 Å². The summed E-state index contributed by atoms with van der Waals surface area (Å²) in [7, 11) is 0. The number of aromatic nitrogens is 4. The lowest BCUT2D eigenvalue weighted by molar-refractivity contribution is -0.0645. The number of hydrogen-bond acceptors (Lipinski definition) is 9. The van der Waals surface area contributed by atoms with E-state index in [0.717, 1.165) is 0 Å². The molecule has 0 saturated carbocycles. The van der Waals surface area contributed by atoms with Crippen LogP contribution in [0.5, 0.6) is 11.5 Å². The molecule has 1 N–H and O–H groups in total. The Morgan fingerprint density at radius 2 is 1.49 bits per heavy atom. The van der Waals surface area contributed by atoms with Crippen LogP contribution >= 0.6 is 0 Å². The van der Waals surface area contributed by atoms with Gasteiger partial charge in [0.05, 0.1) is 35.0 Å². The quantitative estimate of drug-likeness (QED) is 0.378. The van der Waals surface area contributed by atoms with Crippen molar-refractivity contribution in [3.05, 3.63) is 123 Å². The van der Waals surface area contributed by atoms with Crippen LogP contribution in [-0.2, 0) is 0 Å². The highest BCUT2D eigenvalue weighted by atomic mass is 16.5. The number of hydrogen-bond donors (Lipinski definition) is 1. The van der Waals surface area contributed by atoms with Crippen molar-refractivity contribution in [2.24, 2.45) is 0 Å². The summed E-state index contributed by atoms with van der Waals surface area (Å²) in [4.78, 5) is 31.6. The summed E-state index contributed by atoms with van der Waals surface area (Å²) in [5.74, 6) is 1.20. The minimum Gasteiger partial charge on any atom is -0.485 e. The monoisotopic (exact) mass is 576 g/mol. The maximum Gasteiger partial charge on any atom is 0.352 e. The molecule has 4 aromatic rings. The Bertz CT molecular complexity index is 1940. The molecule has 2 aromatic carbocycles. The van der Waals surface area contributed by atoms with Crippen LogP contribution in [0.25, 0.3) is 5.70 Å². The van der Waals surface area contributed by atoms with E-state index in [9.17, 15) is 14.7 Å². The minimum absolute atomic E-state index is 0.366. The van der Waals surface area contributed by atoms with Crippen LogP contribution < -0.4 is 20.9 Å². The molecule has 2 unspecified atom stereocenters. The van der Waals surface area contributed by atoms with Crippen LogP contribution in [0.2, 0.25) is 0 Å². The van der Waals surface area contributed by atoms with Gasteiger partial charge in [0.2, 0.25) is 0 Å². The highest BCUT2D eigenvalue weighted by Gasteiger charge is 2.44. The van der Waals surface area contributed by atoms with Gasteiger partial charge in [-0.05, 0) is 82.3 Å². The summed E-state index contributed by atoms with van der Waals surface area (Å²) >= 11 is 0. The van der Waals surface area contributed by atoms with Gasteiger partial charge in [-0.2, -0.15) is 10.5 Å². The molecule has 11 nitrogen and oxygen atoms in total. The van der Waals surface area contributed by atoms with Crippen molar-refractivity contribution in [1.82, 2.24) is 19.1 Å². The Morgan fingerprint density at radius 3 is 2.14 bits per heavy atom. The lowest BCUT2D eigenvalue weighted by Gasteiger charge is -2.42. The van der Waals surface area contributed by atoms with Gasteiger partial charge in [-0.3, -0.25) is 9.13 Å². The van der Waals surface area contributed by atoms with Crippen LogP contribution in [0.3, 0.4) is 0 Å². The Morgan fingerprint density at radius 1 is 0.860 bits per heavy atom. The summed E-state index contributed by atoms with van der Waals surface area (Å²) in [6.45, 7) is 7.34. The average molecular weight is 577 g/mol. The first-order valence-corrected chi connectivity index (χ1v) is 13.4. The zero-order chi connectivity index (χ0) is 30.9. The predicted octanol–water partition coefficient (Wildman–Crippen LogP) is 3.41. The van der Waals surface area contributed by atoms with Crippen LogP contribution in [0.4, 0.5) is 0 Å². The number of fused-ring (bicyclic) bond motifs is 2. The highest BCUT2D eigenvalue weighted by molar-refractivity contribution is 5.74. The third-order valence-electron chi connectivity index (χ3n) is 7.09. The molecule has 6 rings (SSSR count). The SMILES string of the molecule is CC1(C)C=C(n2cccnc2=O)c2cc(C#N)ccc2O1.CC1(C)Oc2ccc(C#N)cc2C(n2cccnc2=O)C1O. The molecule has 0 spiro atoms. The minimum atomic E-state index is -0.962. The molecule has 11 heteroatoms. The second kappa shape index (κ2) is 11.0. The molecule has 43 heavy (non-hydrogen) atoms. The Hall–Kier alpha value is -5.52. The first-order valence-electron chi connectivity index (χ1n) is 13.4. The van der Waals surface area contributed by atoms with Gasteiger partial charge in [-0.25, -0.2) is 19.6 Å². The van der Waals surface area contributed by atoms with Crippen LogP contribution in [-0.4, -0.2) is 41.5 Å². The van der Waals surface area contributed by atoms with Gasteiger partial charge in [0.25, 0.3) is 0 Å². The van der Waals surface area contributed by atoms with Crippen molar-refractivity contribution in [3.63, 3.8) is 0 Å². The van der Waals surface area contributed by atoms with Gasteiger partial charge in [0.1, 0.15) is 28.8 Å². The molecule has 4 heterocycles. The van der Waals surface area contributed by atoms with Gasteiger partial charge >= 0.3 is 11.4 Å². The Balaban J connectivity index is 0.000000171. The van der Waals surface area contributed by atoms with E-state index in [4.69, 9.17) is 20.0 Å². The molecule has 2 atom stereocenters. The van der Waals surface area contributed by atoms with E-state index in [1.807, 2.05) is 19.9 Å². The van der Waals surface area contributed by atoms with Gasteiger partial charge in [0.15, 0.2) is 0 Å². The van der Waals surface area contributed by atoms with Crippen molar-refractivity contribution in [1.29, 1.82) is 10.5 Å². The molecule has 0 fully saturated rings. The average Bonchev–Trinajstić information content (AvgIpc) is 2.98. The Kier molecular flexibility index (Phi) is 7.45. The number of rotatable bonds is 2. The molecule has 0 bridgehead atoms. The fourth-order valence-electron chi connectivity index (χ4n) is 5.07. The van der Waals surface area contributed by atoms with E-state index in [1.165, 1.54) is 21.5 Å². The third kappa shape index (κ3) is 5.67. The standard InChI is InChI=1S/C16H15N3O3.C16H13N3O2/c1-16(2)14(20)13(19-7-3-6-18-15(19)21)11-8-10(9-17)4-5-12(11)22-16;1-16(2)9-13(19-7-3-6-18-15(19)20)12-8-11(10-17)4-5-14(12)21-16/h3-8,13-14,20H,1-2H3;3-9H,1-2H3. The number of benzene rings is 2. The first-order chi connectivity index (χ1) is 20.4. The highest BCUT2D eigenvalue weighted by Crippen LogP contribution is 2.41. The molecule has 0 radical (unpaired) electrons. The summed E-state index contributed by atoms with van der Waals surface area (Å²) in [5.41, 5.74) is 0.691. The van der Waals surface area contributed by atoms with Gasteiger partial charge in [0, 0.05) is 35.9 Å². The van der Waals surface area contributed by atoms with E-state index in [1.54, 1.807) is 74.8 Å². The largest absolute Gasteiger partial charge is 0.485 e. The molecule has 0 saturated heterocycles. The maximum atomic E-state index is 12.1. The van der Waals surface area contributed by atoms with Gasteiger partial charge in [-0.1, -0.05) is 0 Å².